The van der Waals surface area contributed by atoms with Crippen molar-refractivity contribution in [1.82, 2.24) is 0 Å². The van der Waals surface area contributed by atoms with E-state index in [2.05, 4.69) is 10.6 Å². The standard InChI is InChI=1S/C21H19F3N2O3/c1-12-18(27)26-16-11-15(6-7-17(16)29-12)25-19(28)20(8-3-9-20)13-4-2-5-14(10-13)21(22,23)24/h2,4-7,10-12H,3,8-9H2,1H3,(H,25,28)(H,26,27). The molecule has 8 heteroatoms. The normalized spacial score (nSPS) is 20.0. The van der Waals surface area contributed by atoms with Crippen LogP contribution in [0.2, 0.25) is 0 Å². The number of halogens is 3. The zero-order valence-corrected chi connectivity index (χ0v) is 15.6. The van der Waals surface area contributed by atoms with E-state index in [1.807, 2.05) is 0 Å². The third-order valence-electron chi connectivity index (χ3n) is 5.55. The molecule has 29 heavy (non-hydrogen) atoms. The maximum atomic E-state index is 13.1. The molecule has 0 radical (unpaired) electrons. The molecule has 2 amide bonds. The Morgan fingerprint density at radius 1 is 1.21 bits per heavy atom. The highest BCUT2D eigenvalue weighted by atomic mass is 19.4. The number of rotatable bonds is 3. The summed E-state index contributed by atoms with van der Waals surface area (Å²) in [6, 6.07) is 9.81. The zero-order chi connectivity index (χ0) is 20.8. The Bertz CT molecular complexity index is 983. The van der Waals surface area contributed by atoms with Gasteiger partial charge in [0.2, 0.25) is 5.91 Å². The largest absolute Gasteiger partial charge is 0.479 e. The summed E-state index contributed by atoms with van der Waals surface area (Å²) in [5, 5.41) is 5.50. The molecule has 5 nitrogen and oxygen atoms in total. The predicted octanol–water partition coefficient (Wildman–Crippen LogP) is 4.49. The summed E-state index contributed by atoms with van der Waals surface area (Å²) >= 11 is 0. The van der Waals surface area contributed by atoms with E-state index in [4.69, 9.17) is 4.74 Å². The lowest BCUT2D eigenvalue weighted by atomic mass is 9.63. The molecule has 1 aliphatic carbocycles. The summed E-state index contributed by atoms with van der Waals surface area (Å²) in [5.74, 6) is -0.161. The first-order chi connectivity index (χ1) is 13.7. The highest BCUT2D eigenvalue weighted by molar-refractivity contribution is 6.02. The van der Waals surface area contributed by atoms with Crippen molar-refractivity contribution in [2.24, 2.45) is 0 Å². The molecule has 0 spiro atoms. The van der Waals surface area contributed by atoms with E-state index < -0.39 is 23.3 Å². The number of ether oxygens (including phenoxy) is 1. The van der Waals surface area contributed by atoms with Crippen molar-refractivity contribution < 1.29 is 27.5 Å². The average molecular weight is 404 g/mol. The Hall–Kier alpha value is -3.03. The molecular formula is C21H19F3N2O3. The smallest absolute Gasteiger partial charge is 0.416 e. The number of hydrogen-bond donors (Lipinski definition) is 2. The second-order valence-electron chi connectivity index (χ2n) is 7.43. The molecule has 1 fully saturated rings. The van der Waals surface area contributed by atoms with E-state index in [9.17, 15) is 22.8 Å². The van der Waals surface area contributed by atoms with Crippen LogP contribution in [0.25, 0.3) is 0 Å². The minimum Gasteiger partial charge on any atom is -0.479 e. The average Bonchev–Trinajstić information content (AvgIpc) is 2.61. The number of benzene rings is 2. The van der Waals surface area contributed by atoms with Gasteiger partial charge in [0.1, 0.15) is 5.75 Å². The van der Waals surface area contributed by atoms with E-state index in [0.29, 0.717) is 35.5 Å². The molecule has 1 unspecified atom stereocenters. The molecule has 1 heterocycles. The summed E-state index contributed by atoms with van der Waals surface area (Å²) in [7, 11) is 0. The SMILES string of the molecule is CC1Oc2ccc(NC(=O)C3(c4cccc(C(F)(F)F)c4)CCC3)cc2NC1=O. The van der Waals surface area contributed by atoms with E-state index in [1.54, 1.807) is 31.2 Å². The minimum atomic E-state index is -4.47. The van der Waals surface area contributed by atoms with Gasteiger partial charge in [0, 0.05) is 5.69 Å². The predicted molar refractivity (Wildman–Crippen MR) is 101 cm³/mol. The molecule has 2 aliphatic rings. The lowest BCUT2D eigenvalue weighted by molar-refractivity contribution is -0.138. The first-order valence-electron chi connectivity index (χ1n) is 9.30. The summed E-state index contributed by atoms with van der Waals surface area (Å²) in [6.45, 7) is 1.63. The first kappa shape index (κ1) is 19.3. The fraction of sp³-hybridized carbons (Fsp3) is 0.333. The summed E-state index contributed by atoms with van der Waals surface area (Å²) in [6.07, 6.45) is -3.37. The maximum Gasteiger partial charge on any atom is 0.416 e. The van der Waals surface area contributed by atoms with Gasteiger partial charge in [0.25, 0.3) is 5.91 Å². The second-order valence-corrected chi connectivity index (χ2v) is 7.43. The number of carbonyl (C=O) groups is 2. The van der Waals surface area contributed by atoms with Crippen LogP contribution < -0.4 is 15.4 Å². The van der Waals surface area contributed by atoms with Gasteiger partial charge in [-0.25, -0.2) is 0 Å². The minimum absolute atomic E-state index is 0.291. The molecule has 2 N–H and O–H groups in total. The van der Waals surface area contributed by atoms with Gasteiger partial charge in [-0.2, -0.15) is 13.2 Å². The molecule has 4 rings (SSSR count). The van der Waals surface area contributed by atoms with Crippen molar-refractivity contribution >= 4 is 23.2 Å². The molecule has 2 aromatic rings. The van der Waals surface area contributed by atoms with Gasteiger partial charge in [0.05, 0.1) is 16.7 Å². The number of hydrogen-bond acceptors (Lipinski definition) is 3. The van der Waals surface area contributed by atoms with Gasteiger partial charge >= 0.3 is 6.18 Å². The lowest BCUT2D eigenvalue weighted by Crippen LogP contribution is -2.46. The van der Waals surface area contributed by atoms with E-state index in [1.165, 1.54) is 6.07 Å². The molecule has 0 saturated heterocycles. The number of amides is 2. The van der Waals surface area contributed by atoms with Gasteiger partial charge in [-0.1, -0.05) is 24.6 Å². The molecule has 0 bridgehead atoms. The molecule has 152 valence electrons. The third-order valence-corrected chi connectivity index (χ3v) is 5.55. The van der Waals surface area contributed by atoms with Gasteiger partial charge in [-0.05, 0) is 49.6 Å². The van der Waals surface area contributed by atoms with Crippen LogP contribution in [-0.4, -0.2) is 17.9 Å². The van der Waals surface area contributed by atoms with Gasteiger partial charge in [-0.3, -0.25) is 9.59 Å². The Balaban J connectivity index is 1.59. The summed E-state index contributed by atoms with van der Waals surface area (Å²) < 4.78 is 44.8. The molecular weight excluding hydrogens is 385 g/mol. The number of alkyl halides is 3. The van der Waals surface area contributed by atoms with Gasteiger partial charge in [0.15, 0.2) is 6.10 Å². The molecule has 2 aromatic carbocycles. The van der Waals surface area contributed by atoms with Crippen molar-refractivity contribution in [3.63, 3.8) is 0 Å². The molecule has 1 aliphatic heterocycles. The molecule has 0 aromatic heterocycles. The Kier molecular flexibility index (Phi) is 4.52. The zero-order valence-electron chi connectivity index (χ0n) is 15.6. The van der Waals surface area contributed by atoms with Crippen LogP contribution in [-0.2, 0) is 21.2 Å². The highest BCUT2D eigenvalue weighted by Gasteiger charge is 2.46. The highest BCUT2D eigenvalue weighted by Crippen LogP contribution is 2.46. The van der Waals surface area contributed by atoms with Crippen LogP contribution in [0.4, 0.5) is 24.5 Å². The van der Waals surface area contributed by atoms with E-state index in [0.717, 1.165) is 18.6 Å². The van der Waals surface area contributed by atoms with Crippen LogP contribution in [0, 0.1) is 0 Å². The van der Waals surface area contributed by atoms with E-state index >= 15 is 0 Å². The fourth-order valence-corrected chi connectivity index (χ4v) is 3.71. The van der Waals surface area contributed by atoms with Crippen molar-refractivity contribution in [3.05, 3.63) is 53.6 Å². The summed E-state index contributed by atoms with van der Waals surface area (Å²) in [5.41, 5.74) is -0.528. The first-order valence-corrected chi connectivity index (χ1v) is 9.30. The molecule has 1 atom stereocenters. The van der Waals surface area contributed by atoms with Crippen molar-refractivity contribution in [2.45, 2.75) is 43.9 Å². The number of carbonyl (C=O) groups excluding carboxylic acids is 2. The Labute approximate surface area is 165 Å². The number of anilines is 2. The Morgan fingerprint density at radius 3 is 2.62 bits per heavy atom. The van der Waals surface area contributed by atoms with E-state index in [-0.39, 0.29) is 11.8 Å². The fourth-order valence-electron chi connectivity index (χ4n) is 3.71. The quantitative estimate of drug-likeness (QED) is 0.792. The summed E-state index contributed by atoms with van der Waals surface area (Å²) in [4.78, 5) is 24.8. The van der Waals surface area contributed by atoms with Crippen LogP contribution in [0.3, 0.4) is 0 Å². The van der Waals surface area contributed by atoms with Crippen LogP contribution in [0.1, 0.15) is 37.3 Å². The van der Waals surface area contributed by atoms with Crippen LogP contribution in [0.5, 0.6) is 5.75 Å². The number of nitrogens with one attached hydrogen (secondary N) is 2. The monoisotopic (exact) mass is 404 g/mol. The molecule has 1 saturated carbocycles. The van der Waals surface area contributed by atoms with Gasteiger partial charge < -0.3 is 15.4 Å². The van der Waals surface area contributed by atoms with Gasteiger partial charge in [-0.15, -0.1) is 0 Å². The second kappa shape index (κ2) is 6.79. The maximum absolute atomic E-state index is 13.1. The topological polar surface area (TPSA) is 67.4 Å². The van der Waals surface area contributed by atoms with Crippen molar-refractivity contribution in [1.29, 1.82) is 0 Å². The lowest BCUT2D eigenvalue weighted by Gasteiger charge is -2.41. The Morgan fingerprint density at radius 2 is 1.97 bits per heavy atom. The van der Waals surface area contributed by atoms with Crippen molar-refractivity contribution in [3.8, 4) is 5.75 Å². The van der Waals surface area contributed by atoms with Crippen LogP contribution >= 0.6 is 0 Å². The van der Waals surface area contributed by atoms with Crippen molar-refractivity contribution in [2.75, 3.05) is 10.6 Å². The third kappa shape index (κ3) is 3.43. The van der Waals surface area contributed by atoms with Crippen LogP contribution in [0.15, 0.2) is 42.5 Å². The number of fused-ring (bicyclic) bond motifs is 1.